The number of hydrogen-bond acceptors (Lipinski definition) is 10. The Balaban J connectivity index is 1.56. The van der Waals surface area contributed by atoms with Crippen molar-refractivity contribution in [3.8, 4) is 0 Å². The Morgan fingerprint density at radius 3 is 1.93 bits per heavy atom. The molecule has 1 aromatic rings. The summed E-state index contributed by atoms with van der Waals surface area (Å²) >= 11 is 0. The molecule has 214 valence electrons. The van der Waals surface area contributed by atoms with Gasteiger partial charge in [0.05, 0.1) is 12.6 Å². The van der Waals surface area contributed by atoms with E-state index in [0.29, 0.717) is 25.7 Å². The molecule has 1 saturated heterocycles. The molecule has 1 amide bonds. The van der Waals surface area contributed by atoms with Crippen molar-refractivity contribution >= 4 is 40.8 Å². The summed E-state index contributed by atoms with van der Waals surface area (Å²) in [5, 5.41) is 11.0. The smallest absolute Gasteiger partial charge is 0.410 e. The summed E-state index contributed by atoms with van der Waals surface area (Å²) in [6.07, 6.45) is 2.21. The number of unbranched alkanes of at least 4 members (excludes halogenated alkanes) is 1. The lowest BCUT2D eigenvalue weighted by Gasteiger charge is -2.30. The van der Waals surface area contributed by atoms with E-state index in [4.69, 9.17) is 4.74 Å². The number of nitrogens with zero attached hydrogens (tertiary/aromatic N) is 2. The third kappa shape index (κ3) is 5.40. The van der Waals surface area contributed by atoms with Gasteiger partial charge in [0, 0.05) is 35.3 Å². The van der Waals surface area contributed by atoms with E-state index in [1.807, 2.05) is 6.92 Å². The number of rotatable bonds is 8. The SMILES string of the molecule is CCCCN(CC(=O)C1C(=O)c2cc3c(cc2C1=O)C(=O)C(C(=O)C1CCCCN1O)C3=O)C(=O)OC(C)(C)C. The van der Waals surface area contributed by atoms with E-state index in [1.54, 1.807) is 20.8 Å². The molecule has 3 aliphatic rings. The normalized spacial score (nSPS) is 20.1. The fourth-order valence-corrected chi connectivity index (χ4v) is 5.41. The lowest BCUT2D eigenvalue weighted by molar-refractivity contribution is -0.162. The molecule has 11 nitrogen and oxygen atoms in total. The van der Waals surface area contributed by atoms with Gasteiger partial charge in [-0.05, 0) is 58.6 Å². The number of hydroxylamine groups is 2. The highest BCUT2D eigenvalue weighted by Gasteiger charge is 2.50. The van der Waals surface area contributed by atoms with Gasteiger partial charge < -0.3 is 14.8 Å². The van der Waals surface area contributed by atoms with Crippen molar-refractivity contribution in [1.29, 1.82) is 0 Å². The maximum absolute atomic E-state index is 13.3. The highest BCUT2D eigenvalue weighted by atomic mass is 16.6. The molecule has 1 atom stereocenters. The summed E-state index contributed by atoms with van der Waals surface area (Å²) in [4.78, 5) is 93.0. The molecule has 1 unspecified atom stereocenters. The Morgan fingerprint density at radius 1 is 0.925 bits per heavy atom. The first-order chi connectivity index (χ1) is 18.8. The summed E-state index contributed by atoms with van der Waals surface area (Å²) in [6, 6.07) is 1.25. The largest absolute Gasteiger partial charge is 0.444 e. The molecule has 0 bridgehead atoms. The molecule has 0 spiro atoms. The molecular formula is C29H34N2O9. The van der Waals surface area contributed by atoms with Gasteiger partial charge in [-0.25, -0.2) is 4.79 Å². The van der Waals surface area contributed by atoms with Crippen LogP contribution in [0.15, 0.2) is 12.1 Å². The number of ether oxygens (including phenoxy) is 1. The average molecular weight is 555 g/mol. The topological polar surface area (TPSA) is 155 Å². The lowest BCUT2D eigenvalue weighted by atomic mass is 9.89. The maximum atomic E-state index is 13.3. The lowest BCUT2D eigenvalue weighted by Crippen LogP contribution is -2.47. The van der Waals surface area contributed by atoms with Crippen molar-refractivity contribution in [2.75, 3.05) is 19.6 Å². The quantitative estimate of drug-likeness (QED) is 0.474. The van der Waals surface area contributed by atoms with Gasteiger partial charge in [0.2, 0.25) is 0 Å². The molecule has 4 rings (SSSR count). The molecule has 2 aliphatic carbocycles. The highest BCUT2D eigenvalue weighted by Crippen LogP contribution is 2.37. The van der Waals surface area contributed by atoms with E-state index < -0.39 is 70.8 Å². The number of benzene rings is 1. The number of ketones is 6. The van der Waals surface area contributed by atoms with Crippen LogP contribution in [0, 0.1) is 11.8 Å². The van der Waals surface area contributed by atoms with Gasteiger partial charge in [-0.15, -0.1) is 0 Å². The van der Waals surface area contributed by atoms with E-state index >= 15 is 0 Å². The molecule has 11 heteroatoms. The maximum Gasteiger partial charge on any atom is 0.410 e. The second-order valence-electron chi connectivity index (χ2n) is 11.6. The fraction of sp³-hybridized carbons (Fsp3) is 0.552. The summed E-state index contributed by atoms with van der Waals surface area (Å²) < 4.78 is 5.38. The Hall–Kier alpha value is -3.57. The van der Waals surface area contributed by atoms with Crippen molar-refractivity contribution in [3.63, 3.8) is 0 Å². The first-order valence-electron chi connectivity index (χ1n) is 13.6. The third-order valence-corrected chi connectivity index (χ3v) is 7.46. The van der Waals surface area contributed by atoms with Crippen LogP contribution in [0.2, 0.25) is 0 Å². The highest BCUT2D eigenvalue weighted by molar-refractivity contribution is 6.40. The van der Waals surface area contributed by atoms with Crippen LogP contribution in [0.4, 0.5) is 4.79 Å². The van der Waals surface area contributed by atoms with Crippen molar-refractivity contribution in [2.24, 2.45) is 11.8 Å². The molecule has 1 fully saturated rings. The standard InChI is InChI=1S/C29H34N2O9/c1-5-6-10-30(28(38)40-29(2,3)4)14-20(32)21-23(33)15-12-17-18(13-16(15)24(21)34)26(36)22(25(17)35)27(37)19-9-7-8-11-31(19)39/h12-13,19,21-22,39H,5-11,14H2,1-4H3. The van der Waals surface area contributed by atoms with Gasteiger partial charge in [-0.1, -0.05) is 13.3 Å². The monoisotopic (exact) mass is 554 g/mol. The van der Waals surface area contributed by atoms with Crippen molar-refractivity contribution in [1.82, 2.24) is 9.96 Å². The van der Waals surface area contributed by atoms with Gasteiger partial charge >= 0.3 is 6.09 Å². The first kappa shape index (κ1) is 29.4. The van der Waals surface area contributed by atoms with Gasteiger partial charge in [0.15, 0.2) is 34.7 Å². The molecule has 0 saturated carbocycles. The average Bonchev–Trinajstić information content (AvgIpc) is 3.27. The minimum Gasteiger partial charge on any atom is -0.444 e. The Labute approximate surface area is 231 Å². The summed E-state index contributed by atoms with van der Waals surface area (Å²) in [6.45, 7) is 6.87. The fourth-order valence-electron chi connectivity index (χ4n) is 5.41. The number of fused-ring (bicyclic) bond motifs is 2. The third-order valence-electron chi connectivity index (χ3n) is 7.46. The number of carbonyl (C=O) groups is 7. The van der Waals surface area contributed by atoms with Crippen molar-refractivity contribution in [2.45, 2.75) is 71.4 Å². The van der Waals surface area contributed by atoms with Crippen molar-refractivity contribution in [3.05, 3.63) is 34.4 Å². The van der Waals surface area contributed by atoms with Gasteiger partial charge in [-0.3, -0.25) is 28.8 Å². The predicted molar refractivity (Wildman–Crippen MR) is 140 cm³/mol. The summed E-state index contributed by atoms with van der Waals surface area (Å²) in [7, 11) is 0. The van der Waals surface area contributed by atoms with Crippen LogP contribution in [0.3, 0.4) is 0 Å². The summed E-state index contributed by atoms with van der Waals surface area (Å²) in [5.74, 6) is -8.11. The van der Waals surface area contributed by atoms with Crippen LogP contribution < -0.4 is 0 Å². The zero-order valence-corrected chi connectivity index (χ0v) is 23.2. The van der Waals surface area contributed by atoms with Gasteiger partial charge in [-0.2, -0.15) is 5.06 Å². The van der Waals surface area contributed by atoms with Crippen LogP contribution in [0.5, 0.6) is 0 Å². The molecule has 1 aliphatic heterocycles. The minimum absolute atomic E-state index is 0.157. The van der Waals surface area contributed by atoms with E-state index in [-0.39, 0.29) is 35.3 Å². The van der Waals surface area contributed by atoms with Crippen molar-refractivity contribution < 1.29 is 43.5 Å². The van der Waals surface area contributed by atoms with Crippen LogP contribution in [-0.2, 0) is 14.3 Å². The number of Topliss-reactive ketones (excluding diaryl/α,β-unsaturated/α-hetero) is 6. The van der Waals surface area contributed by atoms with E-state index in [9.17, 15) is 38.8 Å². The molecule has 40 heavy (non-hydrogen) atoms. The minimum atomic E-state index is -1.71. The van der Waals surface area contributed by atoms with Crippen LogP contribution in [0.25, 0.3) is 0 Å². The molecule has 0 aromatic heterocycles. The van der Waals surface area contributed by atoms with E-state index in [0.717, 1.165) is 23.6 Å². The number of amides is 1. The second kappa shape index (κ2) is 11.1. The van der Waals surface area contributed by atoms with E-state index in [2.05, 4.69) is 0 Å². The zero-order chi connectivity index (χ0) is 29.5. The van der Waals surface area contributed by atoms with Gasteiger partial charge in [0.25, 0.3) is 0 Å². The molecule has 1 heterocycles. The van der Waals surface area contributed by atoms with Gasteiger partial charge in [0.1, 0.15) is 17.4 Å². The summed E-state index contributed by atoms with van der Waals surface area (Å²) in [5.41, 5.74) is -1.47. The molecule has 0 radical (unpaired) electrons. The zero-order valence-electron chi connectivity index (χ0n) is 23.2. The molecule has 1 N–H and O–H groups in total. The van der Waals surface area contributed by atoms with Crippen LogP contribution in [-0.4, -0.2) is 87.2 Å². The predicted octanol–water partition coefficient (Wildman–Crippen LogP) is 3.10. The Bertz CT molecular complexity index is 1250. The number of piperidine rings is 1. The second-order valence-corrected chi connectivity index (χ2v) is 11.6. The molecule has 1 aromatic carbocycles. The number of hydrogen-bond donors (Lipinski definition) is 1. The Kier molecular flexibility index (Phi) is 8.18. The van der Waals surface area contributed by atoms with Crippen LogP contribution in [0.1, 0.15) is 101 Å². The van der Waals surface area contributed by atoms with Crippen LogP contribution >= 0.6 is 0 Å². The first-order valence-corrected chi connectivity index (χ1v) is 13.6. The molecular weight excluding hydrogens is 520 g/mol. The van der Waals surface area contributed by atoms with E-state index in [1.165, 1.54) is 4.90 Å². The number of carbonyl (C=O) groups excluding carboxylic acids is 7. The Morgan fingerprint density at radius 2 is 1.45 bits per heavy atom.